The number of H-pyrrole nitrogens is 1. The van der Waals surface area contributed by atoms with E-state index in [1.807, 2.05) is 25.1 Å². The first-order valence-corrected chi connectivity index (χ1v) is 6.49. The maximum absolute atomic E-state index is 11.6. The van der Waals surface area contributed by atoms with Crippen LogP contribution < -0.4 is 4.74 Å². The lowest BCUT2D eigenvalue weighted by Gasteiger charge is -2.37. The average molecular weight is 259 g/mol. The van der Waals surface area contributed by atoms with Crippen LogP contribution >= 0.6 is 0 Å². The number of carbonyl (C=O) groups is 1. The molecule has 1 fully saturated rings. The predicted molar refractivity (Wildman–Crippen MR) is 72.8 cm³/mol. The van der Waals surface area contributed by atoms with E-state index in [0.29, 0.717) is 12.8 Å². The van der Waals surface area contributed by atoms with Crippen molar-refractivity contribution in [3.63, 3.8) is 0 Å². The Kier molecular flexibility index (Phi) is 2.55. The van der Waals surface area contributed by atoms with Crippen molar-refractivity contribution >= 4 is 16.9 Å². The second kappa shape index (κ2) is 4.02. The van der Waals surface area contributed by atoms with Crippen LogP contribution in [0.5, 0.6) is 5.75 Å². The van der Waals surface area contributed by atoms with Gasteiger partial charge in [0.15, 0.2) is 0 Å². The summed E-state index contributed by atoms with van der Waals surface area (Å²) in [5.41, 5.74) is 2.14. The summed E-state index contributed by atoms with van der Waals surface area (Å²) in [4.78, 5) is 14.9. The minimum atomic E-state index is -0.722. The molecule has 1 saturated carbocycles. The van der Waals surface area contributed by atoms with Gasteiger partial charge in [-0.15, -0.1) is 0 Å². The number of benzene rings is 1. The second-order valence-corrected chi connectivity index (χ2v) is 5.28. The van der Waals surface area contributed by atoms with Gasteiger partial charge in [-0.3, -0.25) is 4.79 Å². The number of aromatic amines is 1. The highest BCUT2D eigenvalue weighted by Gasteiger charge is 2.48. The Balaban J connectivity index is 2.20. The van der Waals surface area contributed by atoms with Gasteiger partial charge in [0.2, 0.25) is 0 Å². The molecule has 0 saturated heterocycles. The Labute approximate surface area is 111 Å². The molecule has 0 unspecified atom stereocenters. The van der Waals surface area contributed by atoms with Crippen molar-refractivity contribution in [3.05, 3.63) is 29.5 Å². The van der Waals surface area contributed by atoms with Crippen molar-refractivity contribution in [2.24, 2.45) is 0 Å². The maximum Gasteiger partial charge on any atom is 0.315 e. The van der Waals surface area contributed by atoms with Crippen LogP contribution in [-0.4, -0.2) is 23.2 Å². The minimum absolute atomic E-state index is 0.712. The molecule has 0 bridgehead atoms. The highest BCUT2D eigenvalue weighted by Crippen LogP contribution is 2.46. The minimum Gasteiger partial charge on any atom is -0.497 e. The third-order valence-corrected chi connectivity index (χ3v) is 4.36. The summed E-state index contributed by atoms with van der Waals surface area (Å²) in [6.45, 7) is 1.98. The van der Waals surface area contributed by atoms with Gasteiger partial charge in [0.1, 0.15) is 11.2 Å². The monoisotopic (exact) mass is 259 g/mol. The first-order valence-electron chi connectivity index (χ1n) is 6.49. The van der Waals surface area contributed by atoms with E-state index in [4.69, 9.17) is 4.74 Å². The zero-order valence-electron chi connectivity index (χ0n) is 11.1. The Morgan fingerprint density at radius 3 is 2.68 bits per heavy atom. The maximum atomic E-state index is 11.6. The van der Waals surface area contributed by atoms with Gasteiger partial charge in [0, 0.05) is 16.6 Å². The molecule has 1 aromatic carbocycles. The lowest BCUT2D eigenvalue weighted by molar-refractivity contribution is -0.147. The Morgan fingerprint density at radius 1 is 1.42 bits per heavy atom. The van der Waals surface area contributed by atoms with E-state index in [0.717, 1.165) is 34.3 Å². The average Bonchev–Trinajstić information content (AvgIpc) is 2.65. The Hall–Kier alpha value is -1.97. The molecule has 4 heteroatoms. The summed E-state index contributed by atoms with van der Waals surface area (Å²) in [7, 11) is 1.63. The smallest absolute Gasteiger partial charge is 0.315 e. The highest BCUT2D eigenvalue weighted by atomic mass is 16.5. The number of hydrogen-bond acceptors (Lipinski definition) is 2. The van der Waals surface area contributed by atoms with Crippen LogP contribution in [0.25, 0.3) is 10.9 Å². The summed E-state index contributed by atoms with van der Waals surface area (Å²) < 4.78 is 5.23. The molecule has 100 valence electrons. The number of carboxylic acids is 1. The first kappa shape index (κ1) is 12.1. The molecule has 2 N–H and O–H groups in total. The molecule has 2 aromatic rings. The van der Waals surface area contributed by atoms with Crippen LogP contribution in [0.3, 0.4) is 0 Å². The lowest BCUT2D eigenvalue weighted by Crippen LogP contribution is -2.43. The molecule has 1 aliphatic carbocycles. The van der Waals surface area contributed by atoms with Gasteiger partial charge in [-0.05, 0) is 43.5 Å². The van der Waals surface area contributed by atoms with Gasteiger partial charge >= 0.3 is 5.97 Å². The highest BCUT2D eigenvalue weighted by molar-refractivity contribution is 5.90. The molecule has 1 heterocycles. The van der Waals surface area contributed by atoms with E-state index in [-0.39, 0.29) is 0 Å². The van der Waals surface area contributed by atoms with Crippen molar-refractivity contribution in [2.45, 2.75) is 31.6 Å². The Morgan fingerprint density at radius 2 is 2.16 bits per heavy atom. The molecule has 3 rings (SSSR count). The number of fused-ring (bicyclic) bond motifs is 1. The summed E-state index contributed by atoms with van der Waals surface area (Å²) in [6, 6.07) is 5.79. The third-order valence-electron chi connectivity index (χ3n) is 4.36. The molecule has 0 aliphatic heterocycles. The van der Waals surface area contributed by atoms with Crippen LogP contribution in [0.4, 0.5) is 0 Å². The largest absolute Gasteiger partial charge is 0.497 e. The number of aromatic nitrogens is 1. The quantitative estimate of drug-likeness (QED) is 0.890. The van der Waals surface area contributed by atoms with E-state index in [9.17, 15) is 9.90 Å². The van der Waals surface area contributed by atoms with Crippen LogP contribution in [0, 0.1) is 6.92 Å². The molecule has 0 atom stereocenters. The number of aryl methyl sites for hydroxylation is 1. The normalized spacial score (nSPS) is 17.2. The van der Waals surface area contributed by atoms with E-state index in [2.05, 4.69) is 4.98 Å². The van der Waals surface area contributed by atoms with Crippen molar-refractivity contribution in [3.8, 4) is 5.75 Å². The van der Waals surface area contributed by atoms with Gasteiger partial charge in [0.05, 0.1) is 7.11 Å². The third kappa shape index (κ3) is 1.56. The van der Waals surface area contributed by atoms with Crippen molar-refractivity contribution < 1.29 is 14.6 Å². The predicted octanol–water partition coefficient (Wildman–Crippen LogP) is 2.99. The molecule has 4 nitrogen and oxygen atoms in total. The first-order chi connectivity index (χ1) is 9.08. The fourth-order valence-electron chi connectivity index (χ4n) is 3.01. The van der Waals surface area contributed by atoms with Crippen LogP contribution in [0.2, 0.25) is 0 Å². The fraction of sp³-hybridized carbons (Fsp3) is 0.400. The van der Waals surface area contributed by atoms with E-state index < -0.39 is 11.4 Å². The van der Waals surface area contributed by atoms with Crippen molar-refractivity contribution in [1.29, 1.82) is 0 Å². The van der Waals surface area contributed by atoms with Gasteiger partial charge < -0.3 is 14.8 Å². The fourth-order valence-corrected chi connectivity index (χ4v) is 3.01. The van der Waals surface area contributed by atoms with E-state index >= 15 is 0 Å². The molecule has 1 aromatic heterocycles. The number of nitrogens with one attached hydrogen (secondary N) is 1. The van der Waals surface area contributed by atoms with Crippen LogP contribution in [-0.2, 0) is 10.2 Å². The summed E-state index contributed by atoms with van der Waals surface area (Å²) in [5, 5.41) is 10.6. The zero-order valence-corrected chi connectivity index (χ0v) is 11.1. The van der Waals surface area contributed by atoms with Crippen molar-refractivity contribution in [1.82, 2.24) is 4.98 Å². The number of methoxy groups -OCH3 is 1. The molecule has 0 radical (unpaired) electrons. The van der Waals surface area contributed by atoms with Crippen LogP contribution in [0.15, 0.2) is 18.2 Å². The standard InChI is InChI=1S/C15H17NO3/c1-9-11-8-10(19-2)4-5-12(11)16-13(9)15(14(17)18)6-3-7-15/h4-5,8,16H,3,6-7H2,1-2H3,(H,17,18). The molecule has 1 aliphatic rings. The number of hydrogen-bond donors (Lipinski definition) is 2. The van der Waals surface area contributed by atoms with Gasteiger partial charge in [-0.25, -0.2) is 0 Å². The summed E-state index contributed by atoms with van der Waals surface area (Å²) >= 11 is 0. The molecule has 19 heavy (non-hydrogen) atoms. The second-order valence-electron chi connectivity index (χ2n) is 5.28. The van der Waals surface area contributed by atoms with Crippen molar-refractivity contribution in [2.75, 3.05) is 7.11 Å². The zero-order chi connectivity index (χ0) is 13.6. The Bertz CT molecular complexity index is 653. The number of rotatable bonds is 3. The summed E-state index contributed by atoms with van der Waals surface area (Å²) in [5.74, 6) is 0.0690. The van der Waals surface area contributed by atoms with Gasteiger partial charge in [-0.2, -0.15) is 0 Å². The lowest BCUT2D eigenvalue weighted by atomic mass is 9.66. The number of carboxylic acid groups (broad SMARTS) is 1. The topological polar surface area (TPSA) is 62.3 Å². The van der Waals surface area contributed by atoms with E-state index in [1.54, 1.807) is 7.11 Å². The molecule has 0 spiro atoms. The molecule has 0 amide bonds. The molecular weight excluding hydrogens is 242 g/mol. The SMILES string of the molecule is COc1ccc2[nH]c(C3(C(=O)O)CCC3)c(C)c2c1. The van der Waals surface area contributed by atoms with Gasteiger partial charge in [0.25, 0.3) is 0 Å². The molecular formula is C15H17NO3. The van der Waals surface area contributed by atoms with Gasteiger partial charge in [-0.1, -0.05) is 6.42 Å². The van der Waals surface area contributed by atoms with E-state index in [1.165, 1.54) is 0 Å². The number of aliphatic carboxylic acids is 1. The van der Waals surface area contributed by atoms with Crippen LogP contribution in [0.1, 0.15) is 30.5 Å². The summed E-state index contributed by atoms with van der Waals surface area (Å²) in [6.07, 6.45) is 2.41. The number of ether oxygens (including phenoxy) is 1.